The molecule has 142 valence electrons. The number of aromatic nitrogens is 1. The van der Waals surface area contributed by atoms with Gasteiger partial charge >= 0.3 is 0 Å². The number of carbonyl (C=O) groups is 1. The molecule has 0 unspecified atom stereocenters. The summed E-state index contributed by atoms with van der Waals surface area (Å²) in [4.78, 5) is 19.0. The summed E-state index contributed by atoms with van der Waals surface area (Å²) in [7, 11) is 0. The molecule has 1 amide bonds. The first-order valence-electron chi connectivity index (χ1n) is 9.66. The van der Waals surface area contributed by atoms with Crippen molar-refractivity contribution in [1.82, 2.24) is 9.88 Å². The largest absolute Gasteiger partial charge is 0.376 e. The third-order valence-electron chi connectivity index (χ3n) is 5.63. The molecule has 4 rings (SSSR count). The van der Waals surface area contributed by atoms with E-state index in [1.54, 1.807) is 6.20 Å². The Balaban J connectivity index is 1.27. The third kappa shape index (κ3) is 4.20. The Hall–Kier alpha value is -2.24. The Bertz CT molecular complexity index is 763. The van der Waals surface area contributed by atoms with Gasteiger partial charge in [-0.25, -0.2) is 0 Å². The van der Waals surface area contributed by atoms with E-state index in [0.29, 0.717) is 31.6 Å². The van der Waals surface area contributed by atoms with Crippen LogP contribution in [0.3, 0.4) is 0 Å². The molecule has 2 saturated heterocycles. The monoisotopic (exact) mass is 366 g/mol. The van der Waals surface area contributed by atoms with Crippen LogP contribution >= 0.6 is 0 Å². The number of ether oxygens (including phenoxy) is 2. The van der Waals surface area contributed by atoms with Gasteiger partial charge < -0.3 is 14.4 Å². The number of benzene rings is 1. The fraction of sp³-hybridized carbons (Fsp3) is 0.455. The summed E-state index contributed by atoms with van der Waals surface area (Å²) in [5, 5.41) is 0. The molecule has 1 aromatic heterocycles. The Morgan fingerprint density at radius 1 is 1.22 bits per heavy atom. The van der Waals surface area contributed by atoms with E-state index in [1.165, 1.54) is 5.56 Å². The maximum atomic E-state index is 12.8. The number of pyridine rings is 1. The molecule has 2 fully saturated rings. The van der Waals surface area contributed by atoms with Crippen LogP contribution < -0.4 is 0 Å². The highest BCUT2D eigenvalue weighted by Crippen LogP contribution is 2.36. The molecule has 5 heteroatoms. The van der Waals surface area contributed by atoms with E-state index < -0.39 is 0 Å². The second-order valence-electron chi connectivity index (χ2n) is 7.53. The van der Waals surface area contributed by atoms with Gasteiger partial charge in [0.15, 0.2) is 0 Å². The number of hydrogen-bond acceptors (Lipinski definition) is 4. The Kier molecular flexibility index (Phi) is 5.50. The average Bonchev–Trinajstić information content (AvgIpc) is 3.27. The zero-order valence-corrected chi connectivity index (χ0v) is 15.7. The molecule has 0 spiro atoms. The van der Waals surface area contributed by atoms with E-state index in [9.17, 15) is 4.79 Å². The van der Waals surface area contributed by atoms with Gasteiger partial charge in [-0.2, -0.15) is 0 Å². The summed E-state index contributed by atoms with van der Waals surface area (Å²) in [6.45, 7) is 5.52. The molecular formula is C22H26N2O3. The Labute approximate surface area is 160 Å². The molecule has 0 bridgehead atoms. The molecule has 27 heavy (non-hydrogen) atoms. The normalized spacial score (nSPS) is 24.2. The van der Waals surface area contributed by atoms with Gasteiger partial charge in [-0.15, -0.1) is 0 Å². The van der Waals surface area contributed by atoms with Crippen LogP contribution in [0.4, 0.5) is 0 Å². The topological polar surface area (TPSA) is 51.7 Å². The number of rotatable bonds is 6. The van der Waals surface area contributed by atoms with Crippen LogP contribution in [0.1, 0.15) is 28.0 Å². The SMILES string of the molecule is Cc1ccc(C(=O)N2C[C@H]3[C@@H](CCOCc4ccccn4)CO[C@H]3C2)cc1. The molecule has 0 aliphatic carbocycles. The first-order chi connectivity index (χ1) is 13.2. The van der Waals surface area contributed by atoms with Gasteiger partial charge in [0.25, 0.3) is 5.91 Å². The number of aryl methyl sites for hydroxylation is 1. The van der Waals surface area contributed by atoms with Gasteiger partial charge in [-0.05, 0) is 43.5 Å². The van der Waals surface area contributed by atoms with E-state index >= 15 is 0 Å². The predicted molar refractivity (Wildman–Crippen MR) is 102 cm³/mol. The molecule has 0 radical (unpaired) electrons. The molecule has 3 atom stereocenters. The van der Waals surface area contributed by atoms with Gasteiger partial charge in [0.2, 0.25) is 0 Å². The van der Waals surface area contributed by atoms with E-state index in [0.717, 1.165) is 30.8 Å². The molecular weight excluding hydrogens is 340 g/mol. The van der Waals surface area contributed by atoms with Gasteiger partial charge in [-0.1, -0.05) is 23.8 Å². The summed E-state index contributed by atoms with van der Waals surface area (Å²) in [5.74, 6) is 0.977. The van der Waals surface area contributed by atoms with Crippen molar-refractivity contribution in [2.45, 2.75) is 26.1 Å². The summed E-state index contributed by atoms with van der Waals surface area (Å²) in [5.41, 5.74) is 2.88. The summed E-state index contributed by atoms with van der Waals surface area (Å²) >= 11 is 0. The quantitative estimate of drug-likeness (QED) is 0.737. The van der Waals surface area contributed by atoms with Gasteiger partial charge in [-0.3, -0.25) is 9.78 Å². The fourth-order valence-corrected chi connectivity index (χ4v) is 4.04. The molecule has 0 N–H and O–H groups in total. The summed E-state index contributed by atoms with van der Waals surface area (Å²) in [6.07, 6.45) is 2.91. The van der Waals surface area contributed by atoms with Crippen molar-refractivity contribution in [3.05, 3.63) is 65.5 Å². The molecule has 0 saturated carbocycles. The van der Waals surface area contributed by atoms with Crippen molar-refractivity contribution in [3.8, 4) is 0 Å². The third-order valence-corrected chi connectivity index (χ3v) is 5.63. The number of amides is 1. The lowest BCUT2D eigenvalue weighted by Crippen LogP contribution is -2.31. The first kappa shape index (κ1) is 18.1. The van der Waals surface area contributed by atoms with Crippen molar-refractivity contribution < 1.29 is 14.3 Å². The van der Waals surface area contributed by atoms with Crippen molar-refractivity contribution in [3.63, 3.8) is 0 Å². The number of carbonyl (C=O) groups excluding carboxylic acids is 1. The van der Waals surface area contributed by atoms with E-state index in [2.05, 4.69) is 4.98 Å². The van der Waals surface area contributed by atoms with Crippen LogP contribution in [0.5, 0.6) is 0 Å². The number of hydrogen-bond donors (Lipinski definition) is 0. The maximum Gasteiger partial charge on any atom is 0.253 e. The lowest BCUT2D eigenvalue weighted by Gasteiger charge is -2.20. The molecule has 2 aromatic rings. The number of fused-ring (bicyclic) bond motifs is 1. The van der Waals surface area contributed by atoms with E-state index in [-0.39, 0.29) is 12.0 Å². The number of likely N-dealkylation sites (tertiary alicyclic amines) is 1. The number of nitrogens with zero attached hydrogens (tertiary/aromatic N) is 2. The van der Waals surface area contributed by atoms with Crippen molar-refractivity contribution in [1.29, 1.82) is 0 Å². The van der Waals surface area contributed by atoms with Crippen LogP contribution in [0, 0.1) is 18.8 Å². The zero-order valence-electron chi connectivity index (χ0n) is 15.7. The van der Waals surface area contributed by atoms with Crippen molar-refractivity contribution in [2.24, 2.45) is 11.8 Å². The minimum absolute atomic E-state index is 0.109. The second-order valence-corrected chi connectivity index (χ2v) is 7.53. The molecule has 5 nitrogen and oxygen atoms in total. The minimum Gasteiger partial charge on any atom is -0.376 e. The zero-order chi connectivity index (χ0) is 18.6. The fourth-order valence-electron chi connectivity index (χ4n) is 4.04. The van der Waals surface area contributed by atoms with Crippen LogP contribution in [0.25, 0.3) is 0 Å². The van der Waals surface area contributed by atoms with Crippen LogP contribution in [0.2, 0.25) is 0 Å². The second kappa shape index (κ2) is 8.19. The van der Waals surface area contributed by atoms with Crippen LogP contribution in [-0.4, -0.2) is 48.2 Å². The Morgan fingerprint density at radius 2 is 2.07 bits per heavy atom. The predicted octanol–water partition coefficient (Wildman–Crippen LogP) is 3.08. The first-order valence-corrected chi connectivity index (χ1v) is 9.66. The average molecular weight is 366 g/mol. The minimum atomic E-state index is 0.109. The highest BCUT2D eigenvalue weighted by molar-refractivity contribution is 5.94. The summed E-state index contributed by atoms with van der Waals surface area (Å²) in [6, 6.07) is 13.7. The smallest absolute Gasteiger partial charge is 0.253 e. The van der Waals surface area contributed by atoms with Gasteiger partial charge in [0, 0.05) is 37.4 Å². The molecule has 1 aromatic carbocycles. The van der Waals surface area contributed by atoms with Crippen LogP contribution in [-0.2, 0) is 16.1 Å². The molecule has 3 heterocycles. The van der Waals surface area contributed by atoms with Gasteiger partial charge in [0.1, 0.15) is 0 Å². The van der Waals surface area contributed by atoms with E-state index in [1.807, 2.05) is 54.3 Å². The summed E-state index contributed by atoms with van der Waals surface area (Å²) < 4.78 is 11.8. The standard InChI is InChI=1S/C22H26N2O3/c1-16-5-7-17(8-6-16)22(25)24-12-20-18(14-27-21(20)13-24)9-11-26-15-19-4-2-3-10-23-19/h2-8,10,18,20-21H,9,11-15H2,1H3/t18-,20-,21-/m0/s1. The van der Waals surface area contributed by atoms with Gasteiger partial charge in [0.05, 0.1) is 25.0 Å². The lowest BCUT2D eigenvalue weighted by atomic mass is 9.91. The lowest BCUT2D eigenvalue weighted by molar-refractivity contribution is 0.0647. The van der Waals surface area contributed by atoms with Crippen molar-refractivity contribution >= 4 is 5.91 Å². The molecule has 2 aliphatic heterocycles. The van der Waals surface area contributed by atoms with Crippen LogP contribution in [0.15, 0.2) is 48.7 Å². The highest BCUT2D eigenvalue weighted by atomic mass is 16.5. The maximum absolute atomic E-state index is 12.8. The van der Waals surface area contributed by atoms with Crippen molar-refractivity contribution in [2.75, 3.05) is 26.3 Å². The van der Waals surface area contributed by atoms with E-state index in [4.69, 9.17) is 9.47 Å². The molecule has 2 aliphatic rings. The highest BCUT2D eigenvalue weighted by Gasteiger charge is 2.44. The Morgan fingerprint density at radius 3 is 2.85 bits per heavy atom.